The molecule has 1 heterocycles. The van der Waals surface area contributed by atoms with Gasteiger partial charge in [-0.25, -0.2) is 5.43 Å². The van der Waals surface area contributed by atoms with Gasteiger partial charge in [0.2, 0.25) is 0 Å². The molecule has 4 rings (SSSR count). The van der Waals surface area contributed by atoms with Crippen LogP contribution in [0.25, 0.3) is 0 Å². The van der Waals surface area contributed by atoms with Crippen molar-refractivity contribution in [2.75, 3.05) is 6.54 Å². The largest absolute Gasteiger partial charge is 0.417 e. The number of alkyl halides is 3. The first-order valence-electron chi connectivity index (χ1n) is 10.4. The molecule has 0 spiro atoms. The number of halogens is 3. The van der Waals surface area contributed by atoms with Crippen LogP contribution in [-0.2, 0) is 25.7 Å². The highest BCUT2D eigenvalue weighted by molar-refractivity contribution is 5.95. The molecule has 3 aromatic carbocycles. The van der Waals surface area contributed by atoms with Gasteiger partial charge in [0.15, 0.2) is 0 Å². The van der Waals surface area contributed by atoms with E-state index in [2.05, 4.69) is 34.8 Å². The van der Waals surface area contributed by atoms with Crippen LogP contribution in [0.3, 0.4) is 0 Å². The first-order chi connectivity index (χ1) is 15.4. The SMILES string of the molecule is O=C(NN=Cc1ccccc1C(F)(F)F)c1ccc(C[NH+]2CCc3ccccc3C2)cc1. The van der Waals surface area contributed by atoms with Crippen LogP contribution in [0.1, 0.15) is 38.2 Å². The molecule has 0 fully saturated rings. The zero-order valence-electron chi connectivity index (χ0n) is 17.3. The molecule has 164 valence electrons. The molecule has 0 saturated heterocycles. The van der Waals surface area contributed by atoms with E-state index in [1.54, 1.807) is 12.1 Å². The summed E-state index contributed by atoms with van der Waals surface area (Å²) >= 11 is 0. The summed E-state index contributed by atoms with van der Waals surface area (Å²) in [5, 5.41) is 3.70. The lowest BCUT2D eigenvalue weighted by Gasteiger charge is -2.26. The number of hydrogen-bond donors (Lipinski definition) is 2. The van der Waals surface area contributed by atoms with E-state index in [0.29, 0.717) is 5.56 Å². The van der Waals surface area contributed by atoms with E-state index >= 15 is 0 Å². The van der Waals surface area contributed by atoms with E-state index in [-0.39, 0.29) is 5.56 Å². The van der Waals surface area contributed by atoms with Gasteiger partial charge in [-0.3, -0.25) is 4.79 Å². The molecule has 0 bridgehead atoms. The summed E-state index contributed by atoms with van der Waals surface area (Å²) in [5.74, 6) is -0.475. The Labute approximate surface area is 184 Å². The van der Waals surface area contributed by atoms with Crippen molar-refractivity contribution in [1.82, 2.24) is 5.43 Å². The van der Waals surface area contributed by atoms with Gasteiger partial charge in [-0.05, 0) is 23.8 Å². The van der Waals surface area contributed by atoms with Gasteiger partial charge in [-0.2, -0.15) is 18.3 Å². The second-order valence-electron chi connectivity index (χ2n) is 7.85. The van der Waals surface area contributed by atoms with Crippen molar-refractivity contribution in [3.63, 3.8) is 0 Å². The highest BCUT2D eigenvalue weighted by Crippen LogP contribution is 2.31. The maximum Gasteiger partial charge on any atom is 0.417 e. The second kappa shape index (κ2) is 9.36. The fraction of sp³-hybridized carbons (Fsp3) is 0.200. The summed E-state index contributed by atoms with van der Waals surface area (Å²) in [4.78, 5) is 13.8. The second-order valence-corrected chi connectivity index (χ2v) is 7.85. The Morgan fingerprint density at radius 2 is 1.66 bits per heavy atom. The Balaban J connectivity index is 1.35. The maximum absolute atomic E-state index is 13.0. The van der Waals surface area contributed by atoms with Crippen molar-refractivity contribution in [2.24, 2.45) is 5.10 Å². The molecular weight excluding hydrogens is 415 g/mol. The number of nitrogens with one attached hydrogen (secondary N) is 2. The standard InChI is InChI=1S/C25H22F3N3O/c26-25(27,28)23-8-4-3-6-21(23)15-29-30-24(32)20-11-9-18(10-12-20)16-31-14-13-19-5-1-2-7-22(19)17-31/h1-12,15H,13-14,16-17H2,(H,30,32)/p+1. The molecule has 1 atom stereocenters. The van der Waals surface area contributed by atoms with Crippen molar-refractivity contribution >= 4 is 12.1 Å². The molecule has 7 heteroatoms. The third-order valence-electron chi connectivity index (χ3n) is 5.61. The average molecular weight is 438 g/mol. The Hall–Kier alpha value is -3.45. The quantitative estimate of drug-likeness (QED) is 0.464. The maximum atomic E-state index is 13.0. The Morgan fingerprint density at radius 3 is 2.41 bits per heavy atom. The monoisotopic (exact) mass is 438 g/mol. The van der Waals surface area contributed by atoms with Crippen LogP contribution in [0.15, 0.2) is 77.9 Å². The van der Waals surface area contributed by atoms with Gasteiger partial charge in [0, 0.05) is 28.7 Å². The van der Waals surface area contributed by atoms with Gasteiger partial charge in [0.05, 0.1) is 18.3 Å². The van der Waals surface area contributed by atoms with Crippen LogP contribution < -0.4 is 10.3 Å². The molecule has 1 unspecified atom stereocenters. The van der Waals surface area contributed by atoms with Crippen molar-refractivity contribution in [3.05, 3.63) is 106 Å². The number of amides is 1. The predicted molar refractivity (Wildman–Crippen MR) is 116 cm³/mol. The van der Waals surface area contributed by atoms with Gasteiger partial charge in [-0.15, -0.1) is 0 Å². The molecule has 2 N–H and O–H groups in total. The van der Waals surface area contributed by atoms with Crippen molar-refractivity contribution in [2.45, 2.75) is 25.7 Å². The number of benzene rings is 3. The van der Waals surface area contributed by atoms with Crippen LogP contribution in [0.4, 0.5) is 13.2 Å². The zero-order chi connectivity index (χ0) is 22.6. The summed E-state index contributed by atoms with van der Waals surface area (Å²) in [5.41, 5.74) is 5.71. The van der Waals surface area contributed by atoms with E-state index in [1.165, 1.54) is 34.2 Å². The third-order valence-corrected chi connectivity index (χ3v) is 5.61. The van der Waals surface area contributed by atoms with Gasteiger partial charge in [-0.1, -0.05) is 54.6 Å². The van der Waals surface area contributed by atoms with Gasteiger partial charge >= 0.3 is 6.18 Å². The summed E-state index contributed by atoms with van der Waals surface area (Å²) in [7, 11) is 0. The highest BCUT2D eigenvalue weighted by atomic mass is 19.4. The van der Waals surface area contributed by atoms with Gasteiger partial charge in [0.1, 0.15) is 13.1 Å². The fourth-order valence-electron chi connectivity index (χ4n) is 3.95. The summed E-state index contributed by atoms with van der Waals surface area (Å²) in [6.45, 7) is 2.91. The number of quaternary nitrogens is 1. The Kier molecular flexibility index (Phi) is 6.37. The van der Waals surface area contributed by atoms with Crippen LogP contribution in [0, 0.1) is 0 Å². The number of hydrazone groups is 1. The number of carbonyl (C=O) groups excluding carboxylic acids is 1. The molecule has 0 saturated carbocycles. The Bertz CT molecular complexity index is 1120. The lowest BCUT2D eigenvalue weighted by atomic mass is 9.99. The smallest absolute Gasteiger partial charge is 0.327 e. The molecular formula is C25H23F3N3O+. The summed E-state index contributed by atoms with van der Waals surface area (Å²) < 4.78 is 39.1. The van der Waals surface area contributed by atoms with Crippen LogP contribution in [-0.4, -0.2) is 18.7 Å². The van der Waals surface area contributed by atoms with Crippen molar-refractivity contribution < 1.29 is 22.9 Å². The molecule has 1 amide bonds. The minimum Gasteiger partial charge on any atom is -0.327 e. The van der Waals surface area contributed by atoms with Crippen LogP contribution in [0.2, 0.25) is 0 Å². The molecule has 0 aliphatic carbocycles. The predicted octanol–water partition coefficient (Wildman–Crippen LogP) is 3.61. The number of hydrogen-bond acceptors (Lipinski definition) is 2. The minimum absolute atomic E-state index is 0.110. The van der Waals surface area contributed by atoms with Crippen molar-refractivity contribution in [3.8, 4) is 0 Å². The zero-order valence-corrected chi connectivity index (χ0v) is 17.3. The van der Waals surface area contributed by atoms with Crippen molar-refractivity contribution in [1.29, 1.82) is 0 Å². The molecule has 3 aromatic rings. The summed E-state index contributed by atoms with van der Waals surface area (Å²) in [6.07, 6.45) is -2.42. The summed E-state index contributed by atoms with van der Waals surface area (Å²) in [6, 6.07) is 20.8. The topological polar surface area (TPSA) is 45.9 Å². The number of fused-ring (bicyclic) bond motifs is 1. The number of carbonyl (C=O) groups is 1. The van der Waals surface area contributed by atoms with E-state index in [4.69, 9.17) is 0 Å². The molecule has 0 aromatic heterocycles. The number of nitrogens with zero attached hydrogens (tertiary/aromatic N) is 1. The highest BCUT2D eigenvalue weighted by Gasteiger charge is 2.32. The van der Waals surface area contributed by atoms with E-state index in [9.17, 15) is 18.0 Å². The average Bonchev–Trinajstić information content (AvgIpc) is 2.79. The van der Waals surface area contributed by atoms with E-state index < -0.39 is 17.6 Å². The first-order valence-corrected chi connectivity index (χ1v) is 10.4. The van der Waals surface area contributed by atoms with Gasteiger partial charge in [0.25, 0.3) is 5.91 Å². The van der Waals surface area contributed by atoms with Crippen LogP contribution >= 0.6 is 0 Å². The van der Waals surface area contributed by atoms with E-state index in [1.807, 2.05) is 12.1 Å². The minimum atomic E-state index is -4.49. The molecule has 32 heavy (non-hydrogen) atoms. The number of rotatable bonds is 5. The molecule has 1 aliphatic rings. The fourth-order valence-corrected chi connectivity index (χ4v) is 3.95. The third kappa shape index (κ3) is 5.23. The Morgan fingerprint density at radius 1 is 0.969 bits per heavy atom. The first kappa shape index (κ1) is 21.8. The normalized spacial score (nSPS) is 16.0. The molecule has 4 nitrogen and oxygen atoms in total. The molecule has 1 aliphatic heterocycles. The molecule has 0 radical (unpaired) electrons. The lowest BCUT2D eigenvalue weighted by Crippen LogP contribution is -3.10. The van der Waals surface area contributed by atoms with Gasteiger partial charge < -0.3 is 4.90 Å². The lowest BCUT2D eigenvalue weighted by molar-refractivity contribution is -0.929. The van der Waals surface area contributed by atoms with Crippen LogP contribution in [0.5, 0.6) is 0 Å². The van der Waals surface area contributed by atoms with E-state index in [0.717, 1.165) is 43.9 Å².